The molecule has 152 valence electrons. The van der Waals surface area contributed by atoms with Crippen molar-refractivity contribution in [3.63, 3.8) is 0 Å². The Balaban J connectivity index is 1.31. The van der Waals surface area contributed by atoms with Crippen molar-refractivity contribution in [3.8, 4) is 0 Å². The van der Waals surface area contributed by atoms with Gasteiger partial charge in [-0.15, -0.1) is 0 Å². The average Bonchev–Trinajstić information content (AvgIpc) is 3.39. The lowest BCUT2D eigenvalue weighted by atomic mass is 10.1. The van der Waals surface area contributed by atoms with Gasteiger partial charge in [0.15, 0.2) is 5.96 Å². The van der Waals surface area contributed by atoms with Crippen LogP contribution in [-0.2, 0) is 13.1 Å². The quantitative estimate of drug-likeness (QED) is 0.478. The van der Waals surface area contributed by atoms with Crippen LogP contribution in [0.3, 0.4) is 0 Å². The summed E-state index contributed by atoms with van der Waals surface area (Å²) in [5.41, 5.74) is 4.73. The Morgan fingerprint density at radius 3 is 2.69 bits per heavy atom. The molecule has 0 spiro atoms. The monoisotopic (exact) mass is 407 g/mol. The van der Waals surface area contributed by atoms with Crippen LogP contribution >= 0.6 is 11.8 Å². The van der Waals surface area contributed by atoms with Crippen LogP contribution in [0.2, 0.25) is 0 Å². The summed E-state index contributed by atoms with van der Waals surface area (Å²) >= 11 is 1.98. The number of aliphatic imine (C=N–C) groups is 1. The molecular formula is C23H29N5S. The Bertz CT molecular complexity index is 963. The maximum absolute atomic E-state index is 4.47. The molecule has 2 aromatic carbocycles. The Labute approximate surface area is 177 Å². The van der Waals surface area contributed by atoms with Gasteiger partial charge in [0, 0.05) is 31.4 Å². The minimum atomic E-state index is 0.533. The third-order valence-electron chi connectivity index (χ3n) is 5.65. The summed E-state index contributed by atoms with van der Waals surface area (Å²) < 4.78 is 2.19. The van der Waals surface area contributed by atoms with E-state index < -0.39 is 0 Å². The predicted molar refractivity (Wildman–Crippen MR) is 124 cm³/mol. The summed E-state index contributed by atoms with van der Waals surface area (Å²) in [6, 6.07) is 17.6. The van der Waals surface area contributed by atoms with Crippen molar-refractivity contribution < 1.29 is 0 Å². The molecule has 29 heavy (non-hydrogen) atoms. The number of guanidine groups is 1. The molecule has 0 aliphatic heterocycles. The third kappa shape index (κ3) is 4.93. The molecule has 3 aromatic rings. The van der Waals surface area contributed by atoms with E-state index in [1.807, 2.05) is 37.3 Å². The molecule has 1 saturated carbocycles. The lowest BCUT2D eigenvalue weighted by Crippen LogP contribution is -2.42. The van der Waals surface area contributed by atoms with Gasteiger partial charge in [0.1, 0.15) is 0 Å². The van der Waals surface area contributed by atoms with Crippen molar-refractivity contribution >= 4 is 28.8 Å². The number of thioether (sulfide) groups is 1. The minimum Gasteiger partial charge on any atom is -0.354 e. The molecule has 2 unspecified atom stereocenters. The number of nitrogens with zero attached hydrogens (tertiary/aromatic N) is 3. The summed E-state index contributed by atoms with van der Waals surface area (Å²) in [6.07, 6.45) is 7.87. The van der Waals surface area contributed by atoms with Crippen molar-refractivity contribution in [2.45, 2.75) is 43.6 Å². The van der Waals surface area contributed by atoms with Gasteiger partial charge in [0.2, 0.25) is 0 Å². The third-order valence-corrected chi connectivity index (χ3v) is 6.74. The number of para-hydroxylation sites is 2. The second kappa shape index (κ2) is 9.35. The van der Waals surface area contributed by atoms with Crippen LogP contribution in [0.4, 0.5) is 0 Å². The highest BCUT2D eigenvalue weighted by atomic mass is 32.2. The molecule has 6 heteroatoms. The van der Waals surface area contributed by atoms with Crippen LogP contribution < -0.4 is 10.6 Å². The van der Waals surface area contributed by atoms with Crippen molar-refractivity contribution in [2.75, 3.05) is 13.3 Å². The molecule has 1 aliphatic carbocycles. The van der Waals surface area contributed by atoms with E-state index in [0.29, 0.717) is 6.04 Å². The first-order valence-corrected chi connectivity index (χ1v) is 11.5. The second-order valence-corrected chi connectivity index (χ2v) is 8.75. The fraction of sp³-hybridized carbons (Fsp3) is 0.391. The van der Waals surface area contributed by atoms with Crippen LogP contribution in [0.1, 0.15) is 30.4 Å². The normalized spacial score (nSPS) is 19.6. The van der Waals surface area contributed by atoms with E-state index in [4.69, 9.17) is 0 Å². The molecule has 2 N–H and O–H groups in total. The summed E-state index contributed by atoms with van der Waals surface area (Å²) in [5.74, 6) is 0.894. The maximum atomic E-state index is 4.47. The van der Waals surface area contributed by atoms with E-state index >= 15 is 0 Å². The molecule has 1 fully saturated rings. The molecule has 0 saturated heterocycles. The van der Waals surface area contributed by atoms with E-state index in [1.54, 1.807) is 0 Å². The van der Waals surface area contributed by atoms with Gasteiger partial charge in [-0.3, -0.25) is 4.99 Å². The molecule has 0 amide bonds. The fourth-order valence-corrected chi connectivity index (χ4v) is 4.75. The first-order chi connectivity index (χ1) is 14.2. The van der Waals surface area contributed by atoms with Crippen molar-refractivity contribution in [1.82, 2.24) is 20.2 Å². The molecule has 5 nitrogen and oxygen atoms in total. The zero-order chi connectivity index (χ0) is 20.1. The molecule has 0 bridgehead atoms. The minimum absolute atomic E-state index is 0.533. The highest BCUT2D eigenvalue weighted by Gasteiger charge is 2.24. The SMILES string of the molecule is CN=C(NCc1ccc(Cn2cnc3ccccc32)cc1)NC1CCC(SC)C1. The smallest absolute Gasteiger partial charge is 0.191 e. The van der Waals surface area contributed by atoms with Gasteiger partial charge in [-0.25, -0.2) is 4.98 Å². The number of hydrogen-bond donors (Lipinski definition) is 2. The van der Waals surface area contributed by atoms with E-state index in [9.17, 15) is 0 Å². The molecule has 1 heterocycles. The van der Waals surface area contributed by atoms with E-state index in [1.165, 1.54) is 35.9 Å². The number of fused-ring (bicyclic) bond motifs is 1. The van der Waals surface area contributed by atoms with Gasteiger partial charge < -0.3 is 15.2 Å². The van der Waals surface area contributed by atoms with E-state index in [2.05, 4.69) is 67.8 Å². The molecule has 1 aromatic heterocycles. The highest BCUT2D eigenvalue weighted by molar-refractivity contribution is 7.99. The fourth-order valence-electron chi connectivity index (χ4n) is 3.95. The zero-order valence-corrected chi connectivity index (χ0v) is 18.0. The number of hydrogen-bond acceptors (Lipinski definition) is 3. The Hall–Kier alpha value is -2.47. The van der Waals surface area contributed by atoms with E-state index in [0.717, 1.165) is 29.8 Å². The van der Waals surface area contributed by atoms with Gasteiger partial charge in [-0.05, 0) is 48.8 Å². The summed E-state index contributed by atoms with van der Waals surface area (Å²) in [5, 5.41) is 7.81. The number of aromatic nitrogens is 2. The summed E-state index contributed by atoms with van der Waals surface area (Å²) in [6.45, 7) is 1.60. The number of benzene rings is 2. The van der Waals surface area contributed by atoms with Crippen LogP contribution in [0.5, 0.6) is 0 Å². The Morgan fingerprint density at radius 2 is 1.93 bits per heavy atom. The van der Waals surface area contributed by atoms with Crippen LogP contribution in [-0.4, -0.2) is 40.1 Å². The number of nitrogens with one attached hydrogen (secondary N) is 2. The average molecular weight is 408 g/mol. The topological polar surface area (TPSA) is 54.2 Å². The van der Waals surface area contributed by atoms with Crippen LogP contribution in [0, 0.1) is 0 Å². The predicted octanol–water partition coefficient (Wildman–Crippen LogP) is 4.03. The van der Waals surface area contributed by atoms with Crippen molar-refractivity contribution in [2.24, 2.45) is 4.99 Å². The Morgan fingerprint density at radius 1 is 1.14 bits per heavy atom. The Kier molecular flexibility index (Phi) is 6.39. The van der Waals surface area contributed by atoms with Crippen molar-refractivity contribution in [3.05, 3.63) is 66.0 Å². The summed E-state index contributed by atoms with van der Waals surface area (Å²) in [4.78, 5) is 8.87. The number of rotatable bonds is 6. The highest BCUT2D eigenvalue weighted by Crippen LogP contribution is 2.28. The molecule has 1 aliphatic rings. The zero-order valence-electron chi connectivity index (χ0n) is 17.1. The lowest BCUT2D eigenvalue weighted by Gasteiger charge is -2.17. The van der Waals surface area contributed by atoms with E-state index in [-0.39, 0.29) is 0 Å². The first-order valence-electron chi connectivity index (χ1n) is 10.2. The van der Waals surface area contributed by atoms with Gasteiger partial charge in [0.25, 0.3) is 0 Å². The largest absolute Gasteiger partial charge is 0.354 e. The van der Waals surface area contributed by atoms with Crippen molar-refractivity contribution in [1.29, 1.82) is 0 Å². The lowest BCUT2D eigenvalue weighted by molar-refractivity contribution is 0.614. The molecule has 0 radical (unpaired) electrons. The second-order valence-electron chi connectivity index (χ2n) is 7.62. The van der Waals surface area contributed by atoms with Gasteiger partial charge in [-0.2, -0.15) is 11.8 Å². The number of imidazole rings is 1. The molecular weight excluding hydrogens is 378 g/mol. The maximum Gasteiger partial charge on any atom is 0.191 e. The van der Waals surface area contributed by atoms with Crippen LogP contribution in [0.25, 0.3) is 11.0 Å². The van der Waals surface area contributed by atoms with Gasteiger partial charge >= 0.3 is 0 Å². The summed E-state index contributed by atoms with van der Waals surface area (Å²) in [7, 11) is 1.84. The van der Waals surface area contributed by atoms with Crippen LogP contribution in [0.15, 0.2) is 59.9 Å². The van der Waals surface area contributed by atoms with Gasteiger partial charge in [-0.1, -0.05) is 36.4 Å². The molecule has 2 atom stereocenters. The first kappa shape index (κ1) is 19.8. The molecule has 4 rings (SSSR count). The standard InChI is InChI=1S/C23H29N5S/c1-24-23(27-19-11-12-20(13-19)29-2)25-14-17-7-9-18(10-8-17)15-28-16-26-21-5-3-4-6-22(21)28/h3-10,16,19-20H,11-15H2,1-2H3,(H2,24,25,27). The van der Waals surface area contributed by atoms with Gasteiger partial charge in [0.05, 0.1) is 17.4 Å².